The Kier molecular flexibility index (Phi) is 6.13. The van der Waals surface area contributed by atoms with Gasteiger partial charge in [0, 0.05) is 28.2 Å². The molecule has 0 atom stereocenters. The second-order valence-electron chi connectivity index (χ2n) is 5.99. The summed E-state index contributed by atoms with van der Waals surface area (Å²) in [6.07, 6.45) is 3.20. The molecule has 2 aromatic carbocycles. The Hall–Kier alpha value is -2.38. The van der Waals surface area contributed by atoms with Gasteiger partial charge in [0.25, 0.3) is 5.56 Å². The lowest BCUT2D eigenvalue weighted by molar-refractivity contribution is -0.113. The number of aromatic nitrogens is 2. The topological polar surface area (TPSA) is 64.0 Å². The van der Waals surface area contributed by atoms with Crippen molar-refractivity contribution in [3.63, 3.8) is 0 Å². The molecule has 0 spiro atoms. The van der Waals surface area contributed by atoms with Gasteiger partial charge in [-0.05, 0) is 49.2 Å². The van der Waals surface area contributed by atoms with E-state index in [1.165, 1.54) is 4.57 Å². The lowest BCUT2D eigenvalue weighted by Gasteiger charge is -2.10. The molecule has 0 saturated heterocycles. The van der Waals surface area contributed by atoms with E-state index in [1.54, 1.807) is 12.4 Å². The molecule has 7 heteroatoms. The zero-order valence-corrected chi connectivity index (χ0v) is 17.3. The van der Waals surface area contributed by atoms with Crippen molar-refractivity contribution in [2.75, 3.05) is 11.1 Å². The summed E-state index contributed by atoms with van der Waals surface area (Å²) in [5, 5.41) is 3.15. The number of para-hydroxylation sites is 1. The minimum atomic E-state index is -0.243. The Balaban J connectivity index is 1.74. The summed E-state index contributed by atoms with van der Waals surface area (Å²) in [6.45, 7) is 3.89. The Labute approximate surface area is 170 Å². The van der Waals surface area contributed by atoms with Crippen molar-refractivity contribution in [1.82, 2.24) is 9.55 Å². The molecule has 3 aromatic rings. The van der Waals surface area contributed by atoms with Gasteiger partial charge in [0.15, 0.2) is 5.03 Å². The van der Waals surface area contributed by atoms with Crippen molar-refractivity contribution in [3.8, 4) is 5.69 Å². The Morgan fingerprint density at radius 1 is 1.19 bits per heavy atom. The zero-order chi connectivity index (χ0) is 19.4. The first-order valence-corrected chi connectivity index (χ1v) is 10.1. The number of nitrogens with zero attached hydrogens (tertiary/aromatic N) is 2. The molecule has 0 radical (unpaired) electrons. The maximum atomic E-state index is 12.7. The third-order valence-electron chi connectivity index (χ3n) is 3.99. The highest BCUT2D eigenvalue weighted by atomic mass is 79.9. The number of rotatable bonds is 5. The molecule has 27 heavy (non-hydrogen) atoms. The van der Waals surface area contributed by atoms with E-state index in [0.717, 1.165) is 38.7 Å². The van der Waals surface area contributed by atoms with Gasteiger partial charge in [-0.25, -0.2) is 4.98 Å². The van der Waals surface area contributed by atoms with Crippen LogP contribution >= 0.6 is 27.7 Å². The Morgan fingerprint density at radius 2 is 1.96 bits per heavy atom. The van der Waals surface area contributed by atoms with Crippen LogP contribution in [0.25, 0.3) is 5.69 Å². The first-order chi connectivity index (χ1) is 13.0. The molecule has 0 aliphatic heterocycles. The average Bonchev–Trinajstić information content (AvgIpc) is 2.65. The normalized spacial score (nSPS) is 10.6. The number of thioether (sulfide) groups is 1. The molecule has 0 aliphatic carbocycles. The zero-order valence-electron chi connectivity index (χ0n) is 14.9. The van der Waals surface area contributed by atoms with Crippen LogP contribution in [0.4, 0.5) is 5.69 Å². The molecule has 1 N–H and O–H groups in total. The molecule has 1 heterocycles. The second kappa shape index (κ2) is 8.54. The molecular weight excluding hydrogens is 426 g/mol. The number of aryl methyl sites for hydroxylation is 2. The fraction of sp³-hybridized carbons (Fsp3) is 0.150. The fourth-order valence-corrected chi connectivity index (χ4v) is 3.45. The van der Waals surface area contributed by atoms with Crippen molar-refractivity contribution < 1.29 is 4.79 Å². The SMILES string of the molecule is Cc1cc(-n2ccnc(SCC(=O)Nc3ccccc3C)c2=O)ccc1Br. The number of carbonyl (C=O) groups excluding carboxylic acids is 1. The molecule has 0 fully saturated rings. The van der Waals surface area contributed by atoms with Crippen molar-refractivity contribution in [2.24, 2.45) is 0 Å². The van der Waals surface area contributed by atoms with Crippen LogP contribution in [0.15, 0.2) is 69.2 Å². The van der Waals surface area contributed by atoms with Crippen LogP contribution < -0.4 is 10.9 Å². The van der Waals surface area contributed by atoms with E-state index in [9.17, 15) is 9.59 Å². The van der Waals surface area contributed by atoms with E-state index >= 15 is 0 Å². The quantitative estimate of drug-likeness (QED) is 0.595. The van der Waals surface area contributed by atoms with Gasteiger partial charge >= 0.3 is 0 Å². The second-order valence-corrected chi connectivity index (χ2v) is 7.81. The largest absolute Gasteiger partial charge is 0.325 e. The number of amides is 1. The number of halogens is 1. The van der Waals surface area contributed by atoms with Crippen LogP contribution in [0.1, 0.15) is 11.1 Å². The maximum absolute atomic E-state index is 12.7. The molecule has 5 nitrogen and oxygen atoms in total. The van der Waals surface area contributed by atoms with Gasteiger partial charge < -0.3 is 5.32 Å². The summed E-state index contributed by atoms with van der Waals surface area (Å²) in [5.74, 6) is -0.0645. The monoisotopic (exact) mass is 443 g/mol. The van der Waals surface area contributed by atoms with Gasteiger partial charge in [-0.1, -0.05) is 45.9 Å². The van der Waals surface area contributed by atoms with Crippen molar-refractivity contribution in [3.05, 3.63) is 80.8 Å². The van der Waals surface area contributed by atoms with Gasteiger partial charge in [0.1, 0.15) is 0 Å². The summed E-state index contributed by atoms with van der Waals surface area (Å²) >= 11 is 4.59. The highest BCUT2D eigenvalue weighted by Gasteiger charge is 2.11. The molecule has 0 saturated carbocycles. The predicted molar refractivity (Wildman–Crippen MR) is 113 cm³/mol. The van der Waals surface area contributed by atoms with Gasteiger partial charge in [-0.2, -0.15) is 0 Å². The van der Waals surface area contributed by atoms with E-state index in [0.29, 0.717) is 0 Å². The minimum Gasteiger partial charge on any atom is -0.325 e. The molecular formula is C20H18BrN3O2S. The number of hydrogen-bond acceptors (Lipinski definition) is 4. The third-order valence-corrected chi connectivity index (χ3v) is 5.84. The molecule has 0 aliphatic rings. The van der Waals surface area contributed by atoms with E-state index in [4.69, 9.17) is 0 Å². The highest BCUT2D eigenvalue weighted by Crippen LogP contribution is 2.20. The van der Waals surface area contributed by atoms with Crippen LogP contribution in [0, 0.1) is 13.8 Å². The minimum absolute atomic E-state index is 0.111. The summed E-state index contributed by atoms with van der Waals surface area (Å²) in [5.41, 5.74) is 3.30. The number of anilines is 1. The summed E-state index contributed by atoms with van der Waals surface area (Å²) in [7, 11) is 0. The summed E-state index contributed by atoms with van der Waals surface area (Å²) in [6, 6.07) is 13.2. The van der Waals surface area contributed by atoms with E-state index in [1.807, 2.05) is 56.3 Å². The van der Waals surface area contributed by atoms with Crippen LogP contribution in [0.5, 0.6) is 0 Å². The van der Waals surface area contributed by atoms with Gasteiger partial charge in [0.05, 0.1) is 5.75 Å². The Bertz CT molecular complexity index is 1050. The number of carbonyl (C=O) groups is 1. The smallest absolute Gasteiger partial charge is 0.287 e. The Morgan fingerprint density at radius 3 is 2.70 bits per heavy atom. The molecule has 0 unspecified atom stereocenters. The lowest BCUT2D eigenvalue weighted by atomic mass is 10.2. The molecule has 138 valence electrons. The highest BCUT2D eigenvalue weighted by molar-refractivity contribution is 9.10. The van der Waals surface area contributed by atoms with Gasteiger partial charge in [-0.15, -0.1) is 0 Å². The van der Waals surface area contributed by atoms with Crippen LogP contribution in [-0.2, 0) is 4.79 Å². The average molecular weight is 444 g/mol. The van der Waals surface area contributed by atoms with Crippen molar-refractivity contribution in [2.45, 2.75) is 18.9 Å². The fourth-order valence-electron chi connectivity index (χ4n) is 2.51. The van der Waals surface area contributed by atoms with Crippen LogP contribution in [-0.4, -0.2) is 21.2 Å². The molecule has 3 rings (SSSR count). The first-order valence-electron chi connectivity index (χ1n) is 8.28. The molecule has 0 bridgehead atoms. The van der Waals surface area contributed by atoms with Crippen LogP contribution in [0.3, 0.4) is 0 Å². The summed E-state index contributed by atoms with van der Waals surface area (Å²) < 4.78 is 2.52. The van der Waals surface area contributed by atoms with Gasteiger partial charge in [0.2, 0.25) is 5.91 Å². The van der Waals surface area contributed by atoms with Crippen molar-refractivity contribution >= 4 is 39.3 Å². The van der Waals surface area contributed by atoms with E-state index in [2.05, 4.69) is 26.2 Å². The molecule has 1 aromatic heterocycles. The van der Waals surface area contributed by atoms with Crippen molar-refractivity contribution in [1.29, 1.82) is 0 Å². The van der Waals surface area contributed by atoms with Crippen LogP contribution in [0.2, 0.25) is 0 Å². The molecule has 1 amide bonds. The van der Waals surface area contributed by atoms with E-state index in [-0.39, 0.29) is 22.2 Å². The maximum Gasteiger partial charge on any atom is 0.287 e. The van der Waals surface area contributed by atoms with Gasteiger partial charge in [-0.3, -0.25) is 14.2 Å². The predicted octanol–water partition coefficient (Wildman–Crippen LogP) is 4.34. The number of nitrogens with one attached hydrogen (secondary N) is 1. The number of hydrogen-bond donors (Lipinski definition) is 1. The third kappa shape index (κ3) is 4.67. The standard InChI is InChI=1S/C20H18BrN3O2S/c1-13-5-3-4-6-17(13)23-18(25)12-27-19-20(26)24(10-9-22-19)15-7-8-16(21)14(2)11-15/h3-11H,12H2,1-2H3,(H,23,25). The summed E-state index contributed by atoms with van der Waals surface area (Å²) in [4.78, 5) is 29.1. The van der Waals surface area contributed by atoms with E-state index < -0.39 is 0 Å². The first kappa shape index (κ1) is 19.4. The number of benzene rings is 2. The lowest BCUT2D eigenvalue weighted by Crippen LogP contribution is -2.22.